The van der Waals surface area contributed by atoms with Crippen molar-refractivity contribution < 1.29 is 9.18 Å². The third kappa shape index (κ3) is 3.42. The molecule has 1 aliphatic heterocycles. The second-order valence-electron chi connectivity index (χ2n) is 6.02. The number of aryl methyl sites for hydroxylation is 2. The van der Waals surface area contributed by atoms with Crippen LogP contribution < -0.4 is 10.6 Å². The van der Waals surface area contributed by atoms with E-state index in [1.54, 1.807) is 16.8 Å². The van der Waals surface area contributed by atoms with Crippen molar-refractivity contribution in [2.24, 2.45) is 0 Å². The molecule has 5 nitrogen and oxygen atoms in total. The second-order valence-corrected chi connectivity index (χ2v) is 6.02. The first-order chi connectivity index (χ1) is 11.0. The van der Waals surface area contributed by atoms with Gasteiger partial charge >= 0.3 is 0 Å². The number of nitrogens with zero attached hydrogens (tertiary/aromatic N) is 2. The number of hydrogen-bond donors (Lipinski definition) is 2. The molecule has 1 amide bonds. The highest BCUT2D eigenvalue weighted by atomic mass is 19.1. The van der Waals surface area contributed by atoms with E-state index in [0.717, 1.165) is 37.3 Å². The second kappa shape index (κ2) is 6.50. The monoisotopic (exact) mass is 316 g/mol. The number of aromatic nitrogens is 2. The van der Waals surface area contributed by atoms with Crippen LogP contribution in [0.2, 0.25) is 0 Å². The number of nitrogens with one attached hydrogen (secondary N) is 2. The summed E-state index contributed by atoms with van der Waals surface area (Å²) in [5.41, 5.74) is 2.37. The summed E-state index contributed by atoms with van der Waals surface area (Å²) in [6, 6.07) is 6.51. The number of rotatable bonds is 3. The van der Waals surface area contributed by atoms with Gasteiger partial charge in [0.15, 0.2) is 0 Å². The highest BCUT2D eigenvalue weighted by Crippen LogP contribution is 2.18. The molecule has 1 aromatic heterocycles. The van der Waals surface area contributed by atoms with Crippen molar-refractivity contribution in [3.8, 4) is 5.69 Å². The van der Waals surface area contributed by atoms with E-state index in [2.05, 4.69) is 15.7 Å². The molecular formula is C17H21FN4O. The zero-order valence-electron chi connectivity index (χ0n) is 13.4. The van der Waals surface area contributed by atoms with E-state index < -0.39 is 5.82 Å². The summed E-state index contributed by atoms with van der Waals surface area (Å²) in [7, 11) is 0. The molecule has 1 aliphatic rings. The number of piperidine rings is 1. The number of benzene rings is 1. The van der Waals surface area contributed by atoms with E-state index in [1.165, 1.54) is 6.07 Å². The average Bonchev–Trinajstić information content (AvgIpc) is 2.86. The molecule has 23 heavy (non-hydrogen) atoms. The lowest BCUT2D eigenvalue weighted by Crippen LogP contribution is -2.45. The molecule has 0 saturated carbocycles. The molecule has 6 heteroatoms. The maximum Gasteiger partial charge on any atom is 0.251 e. The van der Waals surface area contributed by atoms with Gasteiger partial charge in [0, 0.05) is 23.8 Å². The van der Waals surface area contributed by atoms with Crippen LogP contribution in [-0.4, -0.2) is 34.8 Å². The predicted octanol–water partition coefficient (Wildman–Crippen LogP) is 2.11. The van der Waals surface area contributed by atoms with Crippen molar-refractivity contribution in [1.29, 1.82) is 0 Å². The van der Waals surface area contributed by atoms with E-state index in [0.29, 0.717) is 11.3 Å². The molecule has 2 heterocycles. The van der Waals surface area contributed by atoms with Gasteiger partial charge in [-0.2, -0.15) is 5.10 Å². The Hall–Kier alpha value is -2.21. The zero-order chi connectivity index (χ0) is 16.4. The fraction of sp³-hybridized carbons (Fsp3) is 0.412. The summed E-state index contributed by atoms with van der Waals surface area (Å²) in [6.45, 7) is 5.48. The lowest BCUT2D eigenvalue weighted by Gasteiger charge is -2.23. The maximum atomic E-state index is 14.4. The van der Waals surface area contributed by atoms with Gasteiger partial charge in [-0.3, -0.25) is 4.79 Å². The van der Waals surface area contributed by atoms with Crippen LogP contribution in [0.4, 0.5) is 4.39 Å². The molecule has 0 radical (unpaired) electrons. The SMILES string of the molecule is Cc1cc(C)n(-c2ccc(C(=O)NC3CCCNC3)cc2F)n1. The number of halogens is 1. The highest BCUT2D eigenvalue weighted by molar-refractivity contribution is 5.94. The normalized spacial score (nSPS) is 18.0. The Bertz CT molecular complexity index is 719. The summed E-state index contributed by atoms with van der Waals surface area (Å²) >= 11 is 0. The molecule has 1 saturated heterocycles. The molecule has 1 unspecified atom stereocenters. The fourth-order valence-electron chi connectivity index (χ4n) is 2.94. The van der Waals surface area contributed by atoms with Gasteiger partial charge in [-0.1, -0.05) is 0 Å². The van der Waals surface area contributed by atoms with Gasteiger partial charge in [-0.15, -0.1) is 0 Å². The van der Waals surface area contributed by atoms with E-state index in [9.17, 15) is 9.18 Å². The van der Waals surface area contributed by atoms with Crippen molar-refractivity contribution in [2.45, 2.75) is 32.7 Å². The lowest BCUT2D eigenvalue weighted by molar-refractivity contribution is 0.0930. The van der Waals surface area contributed by atoms with Gasteiger partial charge in [0.2, 0.25) is 0 Å². The zero-order valence-corrected chi connectivity index (χ0v) is 13.4. The molecule has 0 aliphatic carbocycles. The molecular weight excluding hydrogens is 295 g/mol. The first kappa shape index (κ1) is 15.7. The number of carbonyl (C=O) groups excluding carboxylic acids is 1. The van der Waals surface area contributed by atoms with Crippen LogP contribution in [0.25, 0.3) is 5.69 Å². The topological polar surface area (TPSA) is 59.0 Å². The van der Waals surface area contributed by atoms with Crippen LogP contribution in [0.1, 0.15) is 34.6 Å². The van der Waals surface area contributed by atoms with E-state index >= 15 is 0 Å². The molecule has 3 rings (SSSR count). The maximum absolute atomic E-state index is 14.4. The quantitative estimate of drug-likeness (QED) is 0.912. The standard InChI is InChI=1S/C17H21FN4O/c1-11-8-12(2)22(21-11)16-6-5-13(9-15(16)18)17(23)20-14-4-3-7-19-10-14/h5-6,8-9,14,19H,3-4,7,10H2,1-2H3,(H,20,23). The fourth-order valence-corrected chi connectivity index (χ4v) is 2.94. The Labute approximate surface area is 134 Å². The third-order valence-corrected chi connectivity index (χ3v) is 4.08. The van der Waals surface area contributed by atoms with Gasteiger partial charge in [0.05, 0.1) is 5.69 Å². The highest BCUT2D eigenvalue weighted by Gasteiger charge is 2.18. The van der Waals surface area contributed by atoms with Crippen molar-refractivity contribution in [3.63, 3.8) is 0 Å². The van der Waals surface area contributed by atoms with Crippen LogP contribution in [0, 0.1) is 19.7 Å². The molecule has 1 fully saturated rings. The Morgan fingerprint density at radius 2 is 2.22 bits per heavy atom. The van der Waals surface area contributed by atoms with Crippen LogP contribution >= 0.6 is 0 Å². The smallest absolute Gasteiger partial charge is 0.251 e. The summed E-state index contributed by atoms with van der Waals surface area (Å²) in [4.78, 5) is 12.3. The third-order valence-electron chi connectivity index (χ3n) is 4.08. The molecule has 2 aromatic rings. The molecule has 0 spiro atoms. The molecule has 0 bridgehead atoms. The van der Waals surface area contributed by atoms with Crippen LogP contribution in [-0.2, 0) is 0 Å². The summed E-state index contributed by atoms with van der Waals surface area (Å²) in [5.74, 6) is -0.692. The summed E-state index contributed by atoms with van der Waals surface area (Å²) < 4.78 is 16.0. The van der Waals surface area contributed by atoms with Crippen LogP contribution in [0.3, 0.4) is 0 Å². The molecule has 1 atom stereocenters. The van der Waals surface area contributed by atoms with Crippen molar-refractivity contribution in [2.75, 3.05) is 13.1 Å². The number of amides is 1. The minimum atomic E-state index is -0.453. The van der Waals surface area contributed by atoms with Crippen molar-refractivity contribution >= 4 is 5.91 Å². The Balaban J connectivity index is 1.78. The lowest BCUT2D eigenvalue weighted by atomic mass is 10.1. The molecule has 2 N–H and O–H groups in total. The Morgan fingerprint density at radius 1 is 1.39 bits per heavy atom. The van der Waals surface area contributed by atoms with Gasteiger partial charge in [-0.25, -0.2) is 9.07 Å². The largest absolute Gasteiger partial charge is 0.348 e. The average molecular weight is 316 g/mol. The molecule has 1 aromatic carbocycles. The summed E-state index contributed by atoms with van der Waals surface area (Å²) in [6.07, 6.45) is 1.99. The van der Waals surface area contributed by atoms with Crippen LogP contribution in [0.5, 0.6) is 0 Å². The van der Waals surface area contributed by atoms with Crippen molar-refractivity contribution in [3.05, 3.63) is 47.0 Å². The van der Waals surface area contributed by atoms with Gasteiger partial charge in [-0.05, 0) is 57.5 Å². The minimum Gasteiger partial charge on any atom is -0.348 e. The minimum absolute atomic E-state index is 0.106. The first-order valence-corrected chi connectivity index (χ1v) is 7.89. The van der Waals surface area contributed by atoms with Crippen LogP contribution in [0.15, 0.2) is 24.3 Å². The van der Waals surface area contributed by atoms with Gasteiger partial charge < -0.3 is 10.6 Å². The van der Waals surface area contributed by atoms with Crippen molar-refractivity contribution in [1.82, 2.24) is 20.4 Å². The summed E-state index contributed by atoms with van der Waals surface area (Å²) in [5, 5.41) is 10.5. The molecule has 122 valence electrons. The van der Waals surface area contributed by atoms with E-state index in [-0.39, 0.29) is 11.9 Å². The van der Waals surface area contributed by atoms with E-state index in [1.807, 2.05) is 19.9 Å². The predicted molar refractivity (Wildman–Crippen MR) is 86.4 cm³/mol. The van der Waals surface area contributed by atoms with E-state index in [4.69, 9.17) is 0 Å². The Kier molecular flexibility index (Phi) is 4.43. The number of carbonyl (C=O) groups is 1. The van der Waals surface area contributed by atoms with Gasteiger partial charge in [0.1, 0.15) is 11.5 Å². The number of hydrogen-bond acceptors (Lipinski definition) is 3. The van der Waals surface area contributed by atoms with Gasteiger partial charge in [0.25, 0.3) is 5.91 Å². The first-order valence-electron chi connectivity index (χ1n) is 7.89. The Morgan fingerprint density at radius 3 is 2.83 bits per heavy atom.